The summed E-state index contributed by atoms with van der Waals surface area (Å²) in [7, 11) is 0. The monoisotopic (exact) mass is 278 g/mol. The van der Waals surface area contributed by atoms with E-state index in [1.165, 1.54) is 12.1 Å². The van der Waals surface area contributed by atoms with Crippen molar-refractivity contribution in [1.29, 1.82) is 5.26 Å². The van der Waals surface area contributed by atoms with Crippen molar-refractivity contribution in [3.8, 4) is 6.07 Å². The van der Waals surface area contributed by atoms with Gasteiger partial charge in [0.15, 0.2) is 0 Å². The summed E-state index contributed by atoms with van der Waals surface area (Å²) in [5.41, 5.74) is 0.349. The average Bonchev–Trinajstić information content (AvgIpc) is 2.89. The minimum atomic E-state index is -0.944. The topological polar surface area (TPSA) is 73.6 Å². The highest BCUT2D eigenvalue weighted by molar-refractivity contribution is 5.73. The fourth-order valence-electron chi connectivity index (χ4n) is 2.53. The number of anilines is 1. The molecule has 1 fully saturated rings. The van der Waals surface area contributed by atoms with Gasteiger partial charge in [0.1, 0.15) is 23.4 Å². The number of ether oxygens (including phenoxy) is 1. The fourth-order valence-corrected chi connectivity index (χ4v) is 2.53. The molecule has 20 heavy (non-hydrogen) atoms. The van der Waals surface area contributed by atoms with Crippen molar-refractivity contribution in [3.05, 3.63) is 29.6 Å². The number of rotatable bonds is 4. The van der Waals surface area contributed by atoms with Gasteiger partial charge >= 0.3 is 5.97 Å². The van der Waals surface area contributed by atoms with Crippen LogP contribution in [0.4, 0.5) is 10.1 Å². The van der Waals surface area contributed by atoms with E-state index in [1.54, 1.807) is 11.0 Å². The van der Waals surface area contributed by atoms with Crippen LogP contribution in [0.2, 0.25) is 0 Å². The first kappa shape index (κ1) is 14.3. The molecule has 2 unspecified atom stereocenters. The largest absolute Gasteiger partial charge is 0.481 e. The molecular weight excluding hydrogens is 263 g/mol. The van der Waals surface area contributed by atoms with Gasteiger partial charge in [0, 0.05) is 6.54 Å². The molecule has 0 saturated carbocycles. The lowest BCUT2D eigenvalue weighted by Gasteiger charge is -2.32. The first-order valence-corrected chi connectivity index (χ1v) is 6.36. The third kappa shape index (κ3) is 2.45. The molecule has 0 bridgehead atoms. The number of hydrogen-bond donors (Lipinski definition) is 1. The van der Waals surface area contributed by atoms with Crippen LogP contribution >= 0.6 is 0 Å². The van der Waals surface area contributed by atoms with Crippen LogP contribution in [0.3, 0.4) is 0 Å². The van der Waals surface area contributed by atoms with Crippen molar-refractivity contribution in [2.75, 3.05) is 24.7 Å². The molecule has 2 rings (SSSR count). The standard InChI is InChI=1S/C14H15FN2O3/c1-2-17(13-8-20-7-10(13)14(18)19)12-5-3-4-11(15)9(12)6-16/h3-5,10,13H,2,7-8H2,1H3,(H,18,19). The predicted molar refractivity (Wildman–Crippen MR) is 69.9 cm³/mol. The zero-order valence-corrected chi connectivity index (χ0v) is 11.0. The van der Waals surface area contributed by atoms with E-state index in [9.17, 15) is 14.3 Å². The second-order valence-corrected chi connectivity index (χ2v) is 4.58. The SMILES string of the molecule is CCN(c1cccc(F)c1C#N)C1COCC1C(=O)O. The molecule has 6 heteroatoms. The zero-order chi connectivity index (χ0) is 14.7. The van der Waals surface area contributed by atoms with Gasteiger partial charge in [0.25, 0.3) is 0 Å². The number of hydrogen-bond acceptors (Lipinski definition) is 4. The number of nitriles is 1. The highest BCUT2D eigenvalue weighted by atomic mass is 19.1. The van der Waals surface area contributed by atoms with Gasteiger partial charge < -0.3 is 14.7 Å². The van der Waals surface area contributed by atoms with Crippen LogP contribution in [0.5, 0.6) is 0 Å². The van der Waals surface area contributed by atoms with Crippen molar-refractivity contribution in [1.82, 2.24) is 0 Å². The summed E-state index contributed by atoms with van der Waals surface area (Å²) in [4.78, 5) is 13.0. The van der Waals surface area contributed by atoms with Crippen LogP contribution in [0.15, 0.2) is 18.2 Å². The molecular formula is C14H15FN2O3. The molecule has 1 N–H and O–H groups in total. The summed E-state index contributed by atoms with van der Waals surface area (Å²) >= 11 is 0. The number of carboxylic acid groups (broad SMARTS) is 1. The summed E-state index contributed by atoms with van der Waals surface area (Å²) in [6.45, 7) is 2.69. The maximum absolute atomic E-state index is 13.7. The van der Waals surface area contributed by atoms with Gasteiger partial charge in [-0.15, -0.1) is 0 Å². The average molecular weight is 278 g/mol. The molecule has 1 aromatic carbocycles. The van der Waals surface area contributed by atoms with Crippen LogP contribution in [0.25, 0.3) is 0 Å². The minimum Gasteiger partial charge on any atom is -0.481 e. The number of carboxylic acids is 1. The summed E-state index contributed by atoms with van der Waals surface area (Å²) < 4.78 is 18.9. The summed E-state index contributed by atoms with van der Waals surface area (Å²) in [5, 5.41) is 18.3. The normalized spacial score (nSPS) is 21.4. The number of carbonyl (C=O) groups is 1. The Morgan fingerprint density at radius 3 is 2.95 bits per heavy atom. The molecule has 0 aromatic heterocycles. The van der Waals surface area contributed by atoms with E-state index in [1.807, 2.05) is 13.0 Å². The van der Waals surface area contributed by atoms with Gasteiger partial charge in [-0.05, 0) is 19.1 Å². The number of halogens is 1. The van der Waals surface area contributed by atoms with Crippen LogP contribution < -0.4 is 4.90 Å². The molecule has 0 amide bonds. The fraction of sp³-hybridized carbons (Fsp3) is 0.429. The van der Waals surface area contributed by atoms with Crippen molar-refractivity contribution < 1.29 is 19.0 Å². The van der Waals surface area contributed by atoms with Gasteiger partial charge in [-0.3, -0.25) is 4.79 Å². The smallest absolute Gasteiger partial charge is 0.311 e. The molecule has 2 atom stereocenters. The first-order chi connectivity index (χ1) is 9.60. The highest BCUT2D eigenvalue weighted by Gasteiger charge is 2.38. The Hall–Kier alpha value is -2.13. The zero-order valence-electron chi connectivity index (χ0n) is 11.0. The molecule has 0 radical (unpaired) electrons. The van der Waals surface area contributed by atoms with Crippen LogP contribution in [-0.2, 0) is 9.53 Å². The Morgan fingerprint density at radius 2 is 2.35 bits per heavy atom. The number of nitrogens with zero attached hydrogens (tertiary/aromatic N) is 2. The van der Waals surface area contributed by atoms with Gasteiger partial charge in [-0.25, -0.2) is 4.39 Å². The Balaban J connectivity index is 2.41. The van der Waals surface area contributed by atoms with E-state index < -0.39 is 23.7 Å². The highest BCUT2D eigenvalue weighted by Crippen LogP contribution is 2.29. The maximum Gasteiger partial charge on any atom is 0.311 e. The lowest BCUT2D eigenvalue weighted by Crippen LogP contribution is -2.43. The molecule has 1 aliphatic rings. The van der Waals surface area contributed by atoms with E-state index in [0.29, 0.717) is 12.2 Å². The van der Waals surface area contributed by atoms with E-state index in [2.05, 4.69) is 0 Å². The van der Waals surface area contributed by atoms with Crippen LogP contribution in [0, 0.1) is 23.1 Å². The molecule has 1 saturated heterocycles. The third-order valence-electron chi connectivity index (χ3n) is 3.52. The van der Waals surface area contributed by atoms with Gasteiger partial charge in [0.2, 0.25) is 0 Å². The van der Waals surface area contributed by atoms with E-state index >= 15 is 0 Å². The van der Waals surface area contributed by atoms with Crippen molar-refractivity contribution in [2.24, 2.45) is 5.92 Å². The second-order valence-electron chi connectivity index (χ2n) is 4.58. The molecule has 0 spiro atoms. The Morgan fingerprint density at radius 1 is 1.60 bits per heavy atom. The summed E-state index contributed by atoms with van der Waals surface area (Å²) in [6.07, 6.45) is 0. The number of likely N-dealkylation sites (N-methyl/N-ethyl adjacent to an activating group) is 1. The molecule has 1 aliphatic heterocycles. The van der Waals surface area contributed by atoms with Gasteiger partial charge in [0.05, 0.1) is 24.9 Å². The Labute approximate surface area is 116 Å². The van der Waals surface area contributed by atoms with E-state index in [0.717, 1.165) is 0 Å². The molecule has 106 valence electrons. The molecule has 0 aliphatic carbocycles. The number of benzene rings is 1. The Kier molecular flexibility index (Phi) is 4.20. The van der Waals surface area contributed by atoms with Crippen molar-refractivity contribution in [3.63, 3.8) is 0 Å². The Bertz CT molecular complexity index is 556. The minimum absolute atomic E-state index is 0.0645. The first-order valence-electron chi connectivity index (χ1n) is 6.36. The van der Waals surface area contributed by atoms with E-state index in [4.69, 9.17) is 10.00 Å². The van der Waals surface area contributed by atoms with Gasteiger partial charge in [-0.1, -0.05) is 6.07 Å². The van der Waals surface area contributed by atoms with Crippen LogP contribution in [-0.4, -0.2) is 36.9 Å². The molecule has 5 nitrogen and oxygen atoms in total. The van der Waals surface area contributed by atoms with Gasteiger partial charge in [-0.2, -0.15) is 5.26 Å². The number of aliphatic carboxylic acids is 1. The molecule has 1 heterocycles. The summed E-state index contributed by atoms with van der Waals surface area (Å²) in [6, 6.07) is 5.80. The van der Waals surface area contributed by atoms with Crippen molar-refractivity contribution >= 4 is 11.7 Å². The summed E-state index contributed by atoms with van der Waals surface area (Å²) in [5.74, 6) is -2.22. The third-order valence-corrected chi connectivity index (χ3v) is 3.52. The maximum atomic E-state index is 13.7. The predicted octanol–water partition coefficient (Wildman–Crippen LogP) is 1.62. The quantitative estimate of drug-likeness (QED) is 0.906. The lowest BCUT2D eigenvalue weighted by molar-refractivity contribution is -0.141. The lowest BCUT2D eigenvalue weighted by atomic mass is 10.0. The van der Waals surface area contributed by atoms with Crippen molar-refractivity contribution in [2.45, 2.75) is 13.0 Å². The molecule has 1 aromatic rings. The second kappa shape index (κ2) is 5.88. The van der Waals surface area contributed by atoms with Crippen LogP contribution in [0.1, 0.15) is 12.5 Å². The van der Waals surface area contributed by atoms with E-state index in [-0.39, 0.29) is 18.8 Å².